The Bertz CT molecular complexity index is 1450. The zero-order valence-corrected chi connectivity index (χ0v) is 23.2. The summed E-state index contributed by atoms with van der Waals surface area (Å²) in [5.74, 6) is -2.65. The highest BCUT2D eigenvalue weighted by molar-refractivity contribution is 6.06. The van der Waals surface area contributed by atoms with Crippen molar-refractivity contribution in [3.63, 3.8) is 0 Å². The Morgan fingerprint density at radius 2 is 1.68 bits per heavy atom. The molecule has 10 nitrogen and oxygen atoms in total. The zero-order valence-electron chi connectivity index (χ0n) is 23.2. The number of anilines is 1. The lowest BCUT2D eigenvalue weighted by Crippen LogP contribution is -2.43. The Kier molecular flexibility index (Phi) is 7.86. The van der Waals surface area contributed by atoms with Gasteiger partial charge in [-0.15, -0.1) is 0 Å². The number of hydrogen-bond acceptors (Lipinski definition) is 9. The van der Waals surface area contributed by atoms with E-state index in [1.165, 1.54) is 19.1 Å². The number of nitriles is 1. The smallest absolute Gasteiger partial charge is 0.410 e. The van der Waals surface area contributed by atoms with Crippen LogP contribution in [0.3, 0.4) is 0 Å². The summed E-state index contributed by atoms with van der Waals surface area (Å²) in [6, 6.07) is 16.4. The first-order chi connectivity index (χ1) is 19.0. The third kappa shape index (κ3) is 5.23. The van der Waals surface area contributed by atoms with Gasteiger partial charge in [-0.05, 0) is 49.9 Å². The van der Waals surface area contributed by atoms with Gasteiger partial charge in [0.05, 0.1) is 49.6 Å². The van der Waals surface area contributed by atoms with Gasteiger partial charge in [0.15, 0.2) is 0 Å². The molecule has 0 bridgehead atoms. The second-order valence-electron chi connectivity index (χ2n) is 10.4. The molecule has 1 amide bonds. The van der Waals surface area contributed by atoms with E-state index in [0.717, 1.165) is 5.56 Å². The lowest BCUT2D eigenvalue weighted by molar-refractivity contribution is -0.139. The Labute approximate surface area is 233 Å². The number of benzene rings is 2. The first kappa shape index (κ1) is 28.2. The summed E-state index contributed by atoms with van der Waals surface area (Å²) in [5, 5.41) is 10.3. The van der Waals surface area contributed by atoms with Crippen molar-refractivity contribution in [2.24, 2.45) is 5.73 Å². The number of nitrogens with zero attached hydrogens (tertiary/aromatic N) is 3. The minimum Gasteiger partial charge on any atom is -0.466 e. The van der Waals surface area contributed by atoms with Gasteiger partial charge in [0, 0.05) is 6.54 Å². The molecule has 0 saturated heterocycles. The van der Waals surface area contributed by atoms with Gasteiger partial charge in [0.2, 0.25) is 0 Å². The fourth-order valence-electron chi connectivity index (χ4n) is 5.02. The maximum atomic E-state index is 13.4. The van der Waals surface area contributed by atoms with Gasteiger partial charge in [-0.2, -0.15) is 5.26 Å². The number of amides is 1. The van der Waals surface area contributed by atoms with Crippen LogP contribution in [-0.4, -0.2) is 49.3 Å². The number of carbonyl (C=O) groups is 3. The van der Waals surface area contributed by atoms with E-state index in [1.807, 2.05) is 6.07 Å². The number of allylic oxidation sites excluding steroid dienone is 1. The molecule has 40 heavy (non-hydrogen) atoms. The van der Waals surface area contributed by atoms with Crippen molar-refractivity contribution in [1.82, 2.24) is 4.90 Å². The topological polar surface area (TPSA) is 135 Å². The molecule has 2 aliphatic rings. The normalized spacial score (nSPS) is 17.1. The largest absolute Gasteiger partial charge is 0.466 e. The lowest BCUT2D eigenvalue weighted by atomic mass is 9.80. The molecule has 1 atom stereocenters. The molecule has 2 aliphatic heterocycles. The third-order valence-electron chi connectivity index (χ3n) is 6.75. The van der Waals surface area contributed by atoms with Crippen LogP contribution in [0.2, 0.25) is 0 Å². The fourth-order valence-corrected chi connectivity index (χ4v) is 5.02. The van der Waals surface area contributed by atoms with Gasteiger partial charge in [-0.1, -0.05) is 42.5 Å². The zero-order chi connectivity index (χ0) is 29.2. The molecule has 4 rings (SSSR count). The fraction of sp³-hybridized carbons (Fsp3) is 0.333. The van der Waals surface area contributed by atoms with Crippen LogP contribution in [0.1, 0.15) is 43.4 Å². The van der Waals surface area contributed by atoms with Crippen molar-refractivity contribution in [3.8, 4) is 6.07 Å². The van der Waals surface area contributed by atoms with Crippen molar-refractivity contribution in [2.45, 2.75) is 45.3 Å². The molecule has 1 unspecified atom stereocenters. The Morgan fingerprint density at radius 3 is 2.27 bits per heavy atom. The summed E-state index contributed by atoms with van der Waals surface area (Å²) < 4.78 is 15.8. The second kappa shape index (κ2) is 11.1. The van der Waals surface area contributed by atoms with Gasteiger partial charge in [0.25, 0.3) is 0 Å². The number of methoxy groups -OCH3 is 2. The molecule has 0 aromatic heterocycles. The Balaban J connectivity index is 1.96. The molecule has 208 valence electrons. The van der Waals surface area contributed by atoms with E-state index in [9.17, 15) is 19.6 Å². The van der Waals surface area contributed by atoms with E-state index in [2.05, 4.69) is 6.07 Å². The first-order valence-corrected chi connectivity index (χ1v) is 12.8. The van der Waals surface area contributed by atoms with Crippen LogP contribution < -0.4 is 10.6 Å². The van der Waals surface area contributed by atoms with Gasteiger partial charge in [-0.3, -0.25) is 4.90 Å². The minimum atomic E-state index is -0.971. The van der Waals surface area contributed by atoms with Crippen LogP contribution in [0.5, 0.6) is 0 Å². The number of nitrogens with two attached hydrogens (primary N) is 1. The van der Waals surface area contributed by atoms with E-state index in [-0.39, 0.29) is 29.2 Å². The Hall–Kier alpha value is -4.78. The molecule has 0 spiro atoms. The maximum absolute atomic E-state index is 13.4. The number of fused-ring (bicyclic) bond motifs is 1. The first-order valence-electron chi connectivity index (χ1n) is 12.8. The van der Waals surface area contributed by atoms with Gasteiger partial charge in [-0.25, -0.2) is 14.4 Å². The molecule has 10 heteroatoms. The quantitative estimate of drug-likeness (QED) is 0.449. The van der Waals surface area contributed by atoms with Crippen LogP contribution in [-0.2, 0) is 36.8 Å². The van der Waals surface area contributed by atoms with E-state index in [1.54, 1.807) is 68.1 Å². The highest BCUT2D eigenvalue weighted by Crippen LogP contribution is 2.44. The minimum absolute atomic E-state index is 0.0350. The van der Waals surface area contributed by atoms with Crippen molar-refractivity contribution < 1.29 is 28.6 Å². The summed E-state index contributed by atoms with van der Waals surface area (Å²) in [4.78, 5) is 42.6. The standard InChI is InChI=1S/C30H32N4O6/c1-30(2,3)40-29(37)33-15-14-18-12-9-13-22(21(18)17-33)34-25(28(36)39-5)24(27(35)38-4)23(20(16-31)26(34)32)19-10-7-6-8-11-19/h6-13,23H,14-15,17,32H2,1-5H3. The van der Waals surface area contributed by atoms with E-state index >= 15 is 0 Å². The SMILES string of the molecule is COC(=O)C1=C(C(=O)OC)N(c2cccc3c2CN(C(=O)OC(C)(C)C)CC3)C(N)=C(C#N)C1c1ccccc1. The van der Waals surface area contributed by atoms with Crippen LogP contribution in [0.15, 0.2) is 71.2 Å². The molecule has 0 saturated carbocycles. The van der Waals surface area contributed by atoms with Gasteiger partial charge in [0.1, 0.15) is 17.1 Å². The summed E-state index contributed by atoms with van der Waals surface area (Å²) in [6.45, 7) is 5.98. The molecule has 2 aromatic carbocycles. The van der Waals surface area contributed by atoms with Crippen LogP contribution in [0.25, 0.3) is 0 Å². The maximum Gasteiger partial charge on any atom is 0.410 e. The van der Waals surface area contributed by atoms with Crippen molar-refractivity contribution in [2.75, 3.05) is 25.7 Å². The van der Waals surface area contributed by atoms with Gasteiger partial charge >= 0.3 is 18.0 Å². The van der Waals surface area contributed by atoms with Crippen LogP contribution >= 0.6 is 0 Å². The van der Waals surface area contributed by atoms with Crippen LogP contribution in [0.4, 0.5) is 10.5 Å². The molecule has 2 N–H and O–H groups in total. The Morgan fingerprint density at radius 1 is 1.00 bits per heavy atom. The number of esters is 2. The summed E-state index contributed by atoms with van der Waals surface area (Å²) in [6.07, 6.45) is 0.0506. The molecule has 2 heterocycles. The van der Waals surface area contributed by atoms with E-state index < -0.39 is 29.6 Å². The van der Waals surface area contributed by atoms with Crippen LogP contribution in [0, 0.1) is 11.3 Å². The predicted octanol–water partition coefficient (Wildman–Crippen LogP) is 3.88. The highest BCUT2D eigenvalue weighted by atomic mass is 16.6. The van der Waals surface area contributed by atoms with Crippen molar-refractivity contribution >= 4 is 23.7 Å². The average molecular weight is 545 g/mol. The number of carbonyl (C=O) groups excluding carboxylic acids is 3. The molecular formula is C30H32N4O6. The lowest BCUT2D eigenvalue weighted by Gasteiger charge is -2.38. The number of ether oxygens (including phenoxy) is 3. The van der Waals surface area contributed by atoms with E-state index in [4.69, 9.17) is 19.9 Å². The third-order valence-corrected chi connectivity index (χ3v) is 6.75. The summed E-state index contributed by atoms with van der Waals surface area (Å²) >= 11 is 0. The average Bonchev–Trinajstić information content (AvgIpc) is 2.94. The second-order valence-corrected chi connectivity index (χ2v) is 10.4. The summed E-state index contributed by atoms with van der Waals surface area (Å²) in [7, 11) is 2.40. The molecule has 0 fully saturated rings. The van der Waals surface area contributed by atoms with Crippen molar-refractivity contribution in [1.29, 1.82) is 5.26 Å². The highest BCUT2D eigenvalue weighted by Gasteiger charge is 2.44. The number of hydrogen-bond donors (Lipinski definition) is 1. The van der Waals surface area contributed by atoms with E-state index in [0.29, 0.717) is 29.8 Å². The molecule has 0 radical (unpaired) electrons. The number of rotatable bonds is 4. The van der Waals surface area contributed by atoms with Gasteiger partial charge < -0.3 is 24.8 Å². The molecular weight excluding hydrogens is 512 g/mol. The summed E-state index contributed by atoms with van der Waals surface area (Å²) in [5.41, 5.74) is 8.46. The monoisotopic (exact) mass is 544 g/mol. The molecule has 2 aromatic rings. The predicted molar refractivity (Wildman–Crippen MR) is 146 cm³/mol. The molecule has 0 aliphatic carbocycles. The van der Waals surface area contributed by atoms with Crippen molar-refractivity contribution in [3.05, 3.63) is 87.9 Å².